The van der Waals surface area contributed by atoms with Crippen LogP contribution in [0.3, 0.4) is 0 Å². The zero-order chi connectivity index (χ0) is 17.6. The molecule has 0 saturated carbocycles. The van der Waals surface area contributed by atoms with E-state index in [4.69, 9.17) is 15.5 Å². The lowest BCUT2D eigenvalue weighted by atomic mass is 9.91. The molecule has 1 atom stereocenters. The third-order valence-electron chi connectivity index (χ3n) is 5.16. The Morgan fingerprint density at radius 1 is 1.16 bits per heavy atom. The molecule has 25 heavy (non-hydrogen) atoms. The molecule has 0 aromatic heterocycles. The number of likely N-dealkylation sites (N-methyl/N-ethyl adjacent to an activating group) is 1. The van der Waals surface area contributed by atoms with Crippen LogP contribution in [0.4, 0.5) is 11.4 Å². The van der Waals surface area contributed by atoms with Gasteiger partial charge in [0.15, 0.2) is 11.5 Å². The zero-order valence-corrected chi connectivity index (χ0v) is 14.9. The van der Waals surface area contributed by atoms with Gasteiger partial charge in [-0.1, -0.05) is 44.2 Å². The van der Waals surface area contributed by atoms with Crippen LogP contribution in [0, 0.1) is 0 Å². The van der Waals surface area contributed by atoms with Gasteiger partial charge < -0.3 is 10.5 Å². The van der Waals surface area contributed by atoms with E-state index < -0.39 is 0 Å². The van der Waals surface area contributed by atoms with Crippen molar-refractivity contribution in [3.63, 3.8) is 0 Å². The van der Waals surface area contributed by atoms with Gasteiger partial charge in [-0.25, -0.2) is 4.99 Å². The van der Waals surface area contributed by atoms with Crippen molar-refractivity contribution in [3.8, 4) is 5.75 Å². The maximum absolute atomic E-state index is 6.23. The molecular formula is C21H23N3O. The molecule has 2 aromatic rings. The first-order valence-electron chi connectivity index (χ1n) is 8.81. The van der Waals surface area contributed by atoms with Crippen molar-refractivity contribution in [2.24, 2.45) is 4.99 Å². The molecule has 0 saturated heterocycles. The molecule has 1 heterocycles. The van der Waals surface area contributed by atoms with Gasteiger partial charge in [0.05, 0.1) is 5.54 Å². The molecule has 1 aliphatic heterocycles. The number of hydrogen-bond acceptors (Lipinski definition) is 4. The van der Waals surface area contributed by atoms with E-state index in [2.05, 4.69) is 43.9 Å². The molecule has 2 N–H and O–H groups in total. The summed E-state index contributed by atoms with van der Waals surface area (Å²) in [5.41, 5.74) is 8.49. The number of rotatable bonds is 3. The Morgan fingerprint density at radius 2 is 1.88 bits per heavy atom. The number of nitrogens with two attached hydrogens (primary N) is 1. The quantitative estimate of drug-likeness (QED) is 0.845. The van der Waals surface area contributed by atoms with E-state index in [0.29, 0.717) is 5.69 Å². The fourth-order valence-corrected chi connectivity index (χ4v) is 3.79. The van der Waals surface area contributed by atoms with Crippen molar-refractivity contribution in [3.05, 3.63) is 54.3 Å². The Kier molecular flexibility index (Phi) is 3.65. The summed E-state index contributed by atoms with van der Waals surface area (Å²) in [6.45, 7) is 8.50. The van der Waals surface area contributed by atoms with Crippen LogP contribution in [0.25, 0.3) is 10.8 Å². The van der Waals surface area contributed by atoms with Crippen molar-refractivity contribution in [2.45, 2.75) is 26.3 Å². The summed E-state index contributed by atoms with van der Waals surface area (Å²) in [5.74, 6) is 1.53. The van der Waals surface area contributed by atoms with Crippen molar-refractivity contribution in [2.75, 3.05) is 18.8 Å². The second-order valence-electron chi connectivity index (χ2n) is 6.70. The third kappa shape index (κ3) is 2.45. The van der Waals surface area contributed by atoms with Gasteiger partial charge in [0, 0.05) is 22.5 Å². The summed E-state index contributed by atoms with van der Waals surface area (Å²) < 4.78 is 6.23. The van der Waals surface area contributed by atoms with Gasteiger partial charge >= 0.3 is 0 Å². The second kappa shape index (κ2) is 5.74. The van der Waals surface area contributed by atoms with E-state index in [1.54, 1.807) is 0 Å². The van der Waals surface area contributed by atoms with Crippen LogP contribution in [0.1, 0.15) is 20.8 Å². The van der Waals surface area contributed by atoms with Crippen molar-refractivity contribution >= 4 is 27.9 Å². The van der Waals surface area contributed by atoms with Gasteiger partial charge in [0.2, 0.25) is 0 Å². The van der Waals surface area contributed by atoms with Crippen LogP contribution >= 0.6 is 0 Å². The number of aliphatic imine (C=N–C) groups is 1. The number of nitrogens with zero attached hydrogens (tertiary/aromatic N) is 2. The molecule has 0 bridgehead atoms. The molecule has 2 aliphatic rings. The molecule has 4 nitrogen and oxygen atoms in total. The Hall–Kier alpha value is -2.59. The lowest BCUT2D eigenvalue weighted by molar-refractivity contribution is 0.202. The van der Waals surface area contributed by atoms with Crippen LogP contribution < -0.4 is 10.5 Å². The minimum atomic E-state index is -0.169. The molecule has 1 aliphatic carbocycles. The molecule has 0 radical (unpaired) electrons. The topological polar surface area (TPSA) is 50.8 Å². The van der Waals surface area contributed by atoms with Crippen molar-refractivity contribution in [1.29, 1.82) is 0 Å². The Labute approximate surface area is 148 Å². The van der Waals surface area contributed by atoms with Crippen LogP contribution in [-0.4, -0.2) is 29.2 Å². The highest BCUT2D eigenvalue weighted by molar-refractivity contribution is 6.14. The molecular weight excluding hydrogens is 310 g/mol. The van der Waals surface area contributed by atoms with Crippen LogP contribution in [-0.2, 0) is 0 Å². The van der Waals surface area contributed by atoms with Crippen LogP contribution in [0.5, 0.6) is 5.75 Å². The maximum Gasteiger partial charge on any atom is 0.155 e. The predicted molar refractivity (Wildman–Crippen MR) is 105 cm³/mol. The first kappa shape index (κ1) is 15.9. The summed E-state index contributed by atoms with van der Waals surface area (Å²) in [4.78, 5) is 7.27. The number of ether oxygens (including phenoxy) is 1. The lowest BCUT2D eigenvalue weighted by Crippen LogP contribution is -2.45. The van der Waals surface area contributed by atoms with E-state index in [1.807, 2.05) is 30.3 Å². The molecule has 0 spiro atoms. The van der Waals surface area contributed by atoms with Crippen molar-refractivity contribution in [1.82, 2.24) is 4.90 Å². The van der Waals surface area contributed by atoms with E-state index in [-0.39, 0.29) is 5.54 Å². The van der Waals surface area contributed by atoms with Gasteiger partial charge in [-0.3, -0.25) is 4.90 Å². The largest absolute Gasteiger partial charge is 0.453 e. The highest BCUT2D eigenvalue weighted by atomic mass is 16.5. The summed E-state index contributed by atoms with van der Waals surface area (Å²) in [6.07, 6.45) is 6.44. The molecule has 128 valence electrons. The van der Waals surface area contributed by atoms with Gasteiger partial charge in [0.1, 0.15) is 11.4 Å². The average molecular weight is 333 g/mol. The molecule has 4 rings (SSSR count). The summed E-state index contributed by atoms with van der Waals surface area (Å²) in [7, 11) is 0. The summed E-state index contributed by atoms with van der Waals surface area (Å²) >= 11 is 0. The summed E-state index contributed by atoms with van der Waals surface area (Å²) in [5, 5.41) is 2.03. The smallest absolute Gasteiger partial charge is 0.155 e. The van der Waals surface area contributed by atoms with E-state index in [9.17, 15) is 0 Å². The second-order valence-corrected chi connectivity index (χ2v) is 6.70. The van der Waals surface area contributed by atoms with Gasteiger partial charge in [-0.2, -0.15) is 0 Å². The number of allylic oxidation sites excluding steroid dienone is 1. The van der Waals surface area contributed by atoms with E-state index in [1.165, 1.54) is 0 Å². The lowest BCUT2D eigenvalue weighted by Gasteiger charge is -2.38. The Morgan fingerprint density at radius 3 is 2.60 bits per heavy atom. The highest BCUT2D eigenvalue weighted by Gasteiger charge is 2.32. The maximum atomic E-state index is 6.23. The zero-order valence-electron chi connectivity index (χ0n) is 14.9. The number of anilines is 1. The van der Waals surface area contributed by atoms with Crippen molar-refractivity contribution < 1.29 is 4.74 Å². The Bertz CT molecular complexity index is 938. The number of fused-ring (bicyclic) bond motifs is 4. The third-order valence-corrected chi connectivity index (χ3v) is 5.16. The molecule has 0 fully saturated rings. The fourth-order valence-electron chi connectivity index (χ4n) is 3.79. The minimum Gasteiger partial charge on any atom is -0.453 e. The summed E-state index contributed by atoms with van der Waals surface area (Å²) in [6, 6.07) is 9.93. The first-order valence-corrected chi connectivity index (χ1v) is 8.81. The normalized spacial score (nSPS) is 21.4. The fraction of sp³-hybridized carbons (Fsp3) is 0.286. The molecule has 0 amide bonds. The van der Waals surface area contributed by atoms with Crippen LogP contribution in [0.15, 0.2) is 59.3 Å². The molecule has 1 unspecified atom stereocenters. The average Bonchev–Trinajstić information content (AvgIpc) is 2.61. The standard InChI is InChI=1S/C21H23N3O/c1-4-24(5-2)21(3)11-10-17-19(13-21)25-18-12-16(22)14-8-6-7-9-15(14)20(18)23-17/h6-13H,4-5,22H2,1-3H3. The minimum absolute atomic E-state index is 0.169. The van der Waals surface area contributed by atoms with E-state index >= 15 is 0 Å². The molecule has 2 aromatic carbocycles. The van der Waals surface area contributed by atoms with Gasteiger partial charge in [0.25, 0.3) is 0 Å². The Balaban J connectivity index is 1.85. The van der Waals surface area contributed by atoms with Gasteiger partial charge in [-0.05, 0) is 32.2 Å². The first-order chi connectivity index (χ1) is 12.1. The van der Waals surface area contributed by atoms with E-state index in [0.717, 1.165) is 46.8 Å². The van der Waals surface area contributed by atoms with Gasteiger partial charge in [-0.15, -0.1) is 0 Å². The number of nitrogen functional groups attached to an aromatic ring is 1. The predicted octanol–water partition coefficient (Wildman–Crippen LogP) is 4.44. The molecule has 4 heteroatoms. The number of hydrogen-bond donors (Lipinski definition) is 1. The monoisotopic (exact) mass is 333 g/mol. The SMILES string of the molecule is CCN(CC)C1(C)C=CC2=Nc3c(cc(N)c4ccccc34)OC2=C1. The van der Waals surface area contributed by atoms with Crippen LogP contribution in [0.2, 0.25) is 0 Å². The highest BCUT2D eigenvalue weighted by Crippen LogP contribution is 2.44. The number of benzene rings is 2.